The summed E-state index contributed by atoms with van der Waals surface area (Å²) in [5.74, 6) is 1.38. The van der Waals surface area contributed by atoms with Gasteiger partial charge in [-0.25, -0.2) is 0 Å². The smallest absolute Gasteiger partial charge is 0.278 e. The van der Waals surface area contributed by atoms with Crippen LogP contribution in [0.15, 0.2) is 36.4 Å². The van der Waals surface area contributed by atoms with Gasteiger partial charge in [0.05, 0.1) is 16.4 Å². The van der Waals surface area contributed by atoms with Crippen molar-refractivity contribution in [3.05, 3.63) is 69.8 Å². The molecule has 174 valence electrons. The Bertz CT molecular complexity index is 1390. The Hall–Kier alpha value is -3.52. The van der Waals surface area contributed by atoms with E-state index in [1.54, 1.807) is 19.1 Å². The summed E-state index contributed by atoms with van der Waals surface area (Å²) < 4.78 is 2.14. The zero-order valence-corrected chi connectivity index (χ0v) is 20.2. The molecular weight excluding hydrogens is 450 g/mol. The van der Waals surface area contributed by atoms with Crippen LogP contribution in [0.5, 0.6) is 0 Å². The average molecular weight is 476 g/mol. The molecule has 2 aromatic heterocycles. The molecule has 8 nitrogen and oxygen atoms in total. The molecule has 0 aliphatic carbocycles. The fraction of sp³-hybridized carbons (Fsp3) is 0.320. The third kappa shape index (κ3) is 4.21. The van der Waals surface area contributed by atoms with Crippen molar-refractivity contribution >= 4 is 23.2 Å². The second-order valence-electron chi connectivity index (χ2n) is 8.76. The number of hydrogen-bond acceptors (Lipinski definition) is 5. The van der Waals surface area contributed by atoms with E-state index in [9.17, 15) is 4.79 Å². The summed E-state index contributed by atoms with van der Waals surface area (Å²) in [5, 5.41) is 21.2. The molecule has 0 saturated heterocycles. The lowest BCUT2D eigenvalue weighted by atomic mass is 10.1. The molecule has 0 bridgehead atoms. The van der Waals surface area contributed by atoms with Crippen LogP contribution >= 0.6 is 11.6 Å². The lowest BCUT2D eigenvalue weighted by molar-refractivity contribution is 0.102. The van der Waals surface area contributed by atoms with E-state index in [0.29, 0.717) is 16.4 Å². The molecule has 1 amide bonds. The van der Waals surface area contributed by atoms with Crippen LogP contribution in [0, 0.1) is 20.8 Å². The summed E-state index contributed by atoms with van der Waals surface area (Å²) >= 11 is 6.53. The zero-order valence-electron chi connectivity index (χ0n) is 19.5. The molecule has 4 aromatic rings. The average Bonchev–Trinajstić information content (AvgIpc) is 3.30. The zero-order chi connectivity index (χ0) is 23.8. The molecular formula is C25H26ClN7O. The molecule has 0 atom stereocenters. The van der Waals surface area contributed by atoms with Crippen LogP contribution in [0.25, 0.3) is 17.1 Å². The molecule has 9 heteroatoms. The number of hydrogen-bond donors (Lipinski definition) is 1. The maximum atomic E-state index is 13.1. The maximum Gasteiger partial charge on any atom is 0.278 e. The Morgan fingerprint density at radius 1 is 1.00 bits per heavy atom. The third-order valence-corrected chi connectivity index (χ3v) is 6.47. The highest BCUT2D eigenvalue weighted by molar-refractivity contribution is 6.33. The van der Waals surface area contributed by atoms with Gasteiger partial charge in [0.1, 0.15) is 5.82 Å². The van der Waals surface area contributed by atoms with Crippen LogP contribution in [0.1, 0.15) is 52.4 Å². The third-order valence-electron chi connectivity index (χ3n) is 6.14. The number of amides is 1. The first-order valence-electron chi connectivity index (χ1n) is 11.5. The number of carbonyl (C=O) groups is 1. The van der Waals surface area contributed by atoms with Crippen molar-refractivity contribution in [3.8, 4) is 17.1 Å². The fourth-order valence-electron chi connectivity index (χ4n) is 4.38. The molecule has 1 N–H and O–H groups in total. The Labute approximate surface area is 203 Å². The molecule has 0 radical (unpaired) electrons. The SMILES string of the molecule is Cc1ccc(-n2nc(C)c(C(=O)Nc3ccc(Cl)c(-c4nnc5n4CCCCC5)c3)n2)c(C)c1. The highest BCUT2D eigenvalue weighted by Crippen LogP contribution is 2.31. The number of aromatic nitrogens is 6. The van der Waals surface area contributed by atoms with Crippen molar-refractivity contribution in [2.24, 2.45) is 0 Å². The van der Waals surface area contributed by atoms with Gasteiger partial charge in [0, 0.05) is 24.2 Å². The van der Waals surface area contributed by atoms with E-state index >= 15 is 0 Å². The molecule has 34 heavy (non-hydrogen) atoms. The van der Waals surface area contributed by atoms with Crippen molar-refractivity contribution in [3.63, 3.8) is 0 Å². The highest BCUT2D eigenvalue weighted by atomic mass is 35.5. The predicted octanol–water partition coefficient (Wildman–Crippen LogP) is 5.08. The Balaban J connectivity index is 1.42. The van der Waals surface area contributed by atoms with E-state index in [2.05, 4.69) is 36.3 Å². The van der Waals surface area contributed by atoms with Gasteiger partial charge in [-0.1, -0.05) is 35.7 Å². The minimum atomic E-state index is -0.332. The second-order valence-corrected chi connectivity index (χ2v) is 9.17. The summed E-state index contributed by atoms with van der Waals surface area (Å²) in [7, 11) is 0. The lowest BCUT2D eigenvalue weighted by Gasteiger charge is -2.11. The van der Waals surface area contributed by atoms with E-state index in [-0.39, 0.29) is 11.6 Å². The minimum absolute atomic E-state index is 0.271. The van der Waals surface area contributed by atoms with E-state index in [4.69, 9.17) is 11.6 Å². The number of anilines is 1. The maximum absolute atomic E-state index is 13.1. The lowest BCUT2D eigenvalue weighted by Crippen LogP contribution is -2.14. The highest BCUT2D eigenvalue weighted by Gasteiger charge is 2.21. The molecule has 1 aliphatic rings. The van der Waals surface area contributed by atoms with E-state index in [1.807, 2.05) is 32.0 Å². The van der Waals surface area contributed by atoms with Crippen LogP contribution in [0.4, 0.5) is 5.69 Å². The first kappa shape index (κ1) is 22.3. The summed E-state index contributed by atoms with van der Waals surface area (Å²) in [6, 6.07) is 11.4. The van der Waals surface area contributed by atoms with E-state index in [1.165, 1.54) is 11.2 Å². The Morgan fingerprint density at radius 2 is 1.85 bits per heavy atom. The topological polar surface area (TPSA) is 90.5 Å². The molecule has 0 fully saturated rings. The predicted molar refractivity (Wildman–Crippen MR) is 132 cm³/mol. The Morgan fingerprint density at radius 3 is 2.68 bits per heavy atom. The largest absolute Gasteiger partial charge is 0.321 e. The van der Waals surface area contributed by atoms with Gasteiger partial charge in [0.15, 0.2) is 11.5 Å². The van der Waals surface area contributed by atoms with Crippen molar-refractivity contribution in [2.45, 2.75) is 53.0 Å². The van der Waals surface area contributed by atoms with Crippen molar-refractivity contribution < 1.29 is 4.79 Å². The van der Waals surface area contributed by atoms with Crippen LogP contribution < -0.4 is 5.32 Å². The number of benzene rings is 2. The monoisotopic (exact) mass is 475 g/mol. The number of fused-ring (bicyclic) bond motifs is 1. The summed E-state index contributed by atoms with van der Waals surface area (Å²) in [6.45, 7) is 6.68. The van der Waals surface area contributed by atoms with Gasteiger partial charge in [-0.05, 0) is 63.4 Å². The number of nitrogens with one attached hydrogen (secondary N) is 1. The molecule has 2 aromatic carbocycles. The quantitative estimate of drug-likeness (QED) is 0.444. The van der Waals surface area contributed by atoms with Crippen LogP contribution in [0.3, 0.4) is 0 Å². The number of halogens is 1. The summed E-state index contributed by atoms with van der Waals surface area (Å²) in [5.41, 5.74) is 5.21. The molecule has 3 heterocycles. The number of nitrogens with zero attached hydrogens (tertiary/aromatic N) is 6. The minimum Gasteiger partial charge on any atom is -0.321 e. The molecule has 0 saturated carbocycles. The van der Waals surface area contributed by atoms with Gasteiger partial charge >= 0.3 is 0 Å². The Kier molecular flexibility index (Phi) is 5.91. The van der Waals surface area contributed by atoms with Crippen molar-refractivity contribution in [2.75, 3.05) is 5.32 Å². The number of carbonyl (C=O) groups excluding carboxylic acids is 1. The molecule has 0 unspecified atom stereocenters. The molecule has 0 spiro atoms. The van der Waals surface area contributed by atoms with Gasteiger partial charge in [0.25, 0.3) is 5.91 Å². The number of aryl methyl sites for hydroxylation is 4. The van der Waals surface area contributed by atoms with Gasteiger partial charge in [-0.2, -0.15) is 9.90 Å². The second kappa shape index (κ2) is 9.02. The normalized spacial score (nSPS) is 13.4. The van der Waals surface area contributed by atoms with Gasteiger partial charge in [-0.3, -0.25) is 4.79 Å². The van der Waals surface area contributed by atoms with Crippen molar-refractivity contribution in [1.29, 1.82) is 0 Å². The van der Waals surface area contributed by atoms with Gasteiger partial charge < -0.3 is 9.88 Å². The van der Waals surface area contributed by atoms with Gasteiger partial charge in [-0.15, -0.1) is 15.3 Å². The van der Waals surface area contributed by atoms with Crippen LogP contribution in [0.2, 0.25) is 5.02 Å². The molecule has 1 aliphatic heterocycles. The summed E-state index contributed by atoms with van der Waals surface area (Å²) in [4.78, 5) is 14.6. The fourth-order valence-corrected chi connectivity index (χ4v) is 4.58. The summed E-state index contributed by atoms with van der Waals surface area (Å²) in [6.07, 6.45) is 4.29. The first-order valence-corrected chi connectivity index (χ1v) is 11.8. The van der Waals surface area contributed by atoms with Crippen molar-refractivity contribution in [1.82, 2.24) is 29.8 Å². The van der Waals surface area contributed by atoms with Crippen LogP contribution in [-0.4, -0.2) is 35.7 Å². The number of rotatable bonds is 4. The van der Waals surface area contributed by atoms with Crippen LogP contribution in [-0.2, 0) is 13.0 Å². The van der Waals surface area contributed by atoms with Gasteiger partial charge in [0.2, 0.25) is 0 Å². The van der Waals surface area contributed by atoms with E-state index in [0.717, 1.165) is 59.8 Å². The standard InChI is InChI=1S/C25H26ClN7O/c1-15-8-11-21(16(2)13-15)33-30-17(3)23(31-33)25(34)27-18-9-10-20(26)19(14-18)24-29-28-22-7-5-4-6-12-32(22)24/h8-11,13-14H,4-7,12H2,1-3H3,(H,27,34). The van der Waals surface area contributed by atoms with E-state index < -0.39 is 0 Å². The molecule has 5 rings (SSSR count). The first-order chi connectivity index (χ1) is 16.4.